The van der Waals surface area contributed by atoms with Crippen molar-refractivity contribution >= 4 is 6.72 Å². The molecule has 0 bridgehead atoms. The summed E-state index contributed by atoms with van der Waals surface area (Å²) in [4.78, 5) is 3.25. The Morgan fingerprint density at radius 2 is 1.07 bits per heavy atom. The molecule has 0 saturated carbocycles. The van der Waals surface area contributed by atoms with Crippen LogP contribution in [0.5, 0.6) is 0 Å². The Kier molecular flexibility index (Phi) is 344. The van der Waals surface area contributed by atoms with Crippen molar-refractivity contribution in [2.24, 2.45) is 4.99 Å². The first-order valence-corrected chi connectivity index (χ1v) is 5.03. The summed E-state index contributed by atoms with van der Waals surface area (Å²) in [5.74, 6) is 0. The van der Waals surface area contributed by atoms with Gasteiger partial charge in [-0.2, -0.15) is 0 Å². The molecule has 0 rings (SSSR count). The molecule has 0 aliphatic carbocycles. The van der Waals surface area contributed by atoms with Gasteiger partial charge in [0.2, 0.25) is 0 Å². The number of hydrogen-bond acceptors (Lipinski definition) is 2. The quantitative estimate of drug-likeness (QED) is 0.471. The Morgan fingerprint density at radius 1 is 0.929 bits per heavy atom. The average Bonchev–Trinajstić information content (AvgIpc) is 2.36. The van der Waals surface area contributed by atoms with Crippen molar-refractivity contribution in [1.29, 1.82) is 0 Å². The molecule has 0 aliphatic heterocycles. The minimum Gasteiger partial charge on any atom is -0.505 e. The number of rotatable bonds is 2. The summed E-state index contributed by atoms with van der Waals surface area (Å²) in [7, 11) is 1.56. The first-order chi connectivity index (χ1) is 6.83. The van der Waals surface area contributed by atoms with Crippen LogP contribution < -0.4 is 0 Å². The van der Waals surface area contributed by atoms with Gasteiger partial charge in [0.25, 0.3) is 0 Å². The van der Waals surface area contributed by atoms with Crippen LogP contribution in [-0.4, -0.2) is 13.8 Å². The maximum absolute atomic E-state index is 4.31. The molecule has 2 nitrogen and oxygen atoms in total. The Labute approximate surface area is 91.4 Å². The third-order valence-electron chi connectivity index (χ3n) is 0.296. The highest BCUT2D eigenvalue weighted by Crippen LogP contribution is 1.52. The van der Waals surface area contributed by atoms with Gasteiger partial charge in [-0.1, -0.05) is 54.7 Å². The zero-order chi connectivity index (χ0) is 12.8. The van der Waals surface area contributed by atoms with Crippen LogP contribution in [0.1, 0.15) is 41.5 Å². The molecule has 0 atom stereocenters. The van der Waals surface area contributed by atoms with Crippen molar-refractivity contribution in [3.05, 3.63) is 25.6 Å². The van der Waals surface area contributed by atoms with E-state index < -0.39 is 0 Å². The van der Waals surface area contributed by atoms with E-state index >= 15 is 0 Å². The molecule has 0 aromatic carbocycles. The first-order valence-electron chi connectivity index (χ1n) is 5.03. The van der Waals surface area contributed by atoms with Crippen molar-refractivity contribution in [3.8, 4) is 0 Å². The summed E-state index contributed by atoms with van der Waals surface area (Å²) in [6.45, 7) is 21.6. The van der Waals surface area contributed by atoms with Crippen LogP contribution in [0.25, 0.3) is 0 Å². The molecule has 0 heterocycles. The van der Waals surface area contributed by atoms with Gasteiger partial charge in [-0.25, -0.2) is 0 Å². The van der Waals surface area contributed by atoms with E-state index in [2.05, 4.69) is 29.6 Å². The lowest BCUT2D eigenvalue weighted by atomic mass is 11.0. The second kappa shape index (κ2) is 165. The Hall–Kier alpha value is -1.05. The average molecular weight is 203 g/mol. The van der Waals surface area contributed by atoms with Crippen LogP contribution in [0.2, 0.25) is 0 Å². The van der Waals surface area contributed by atoms with Crippen LogP contribution in [0.3, 0.4) is 0 Å². The summed E-state index contributed by atoms with van der Waals surface area (Å²) < 4.78 is 4.31. The Bertz CT molecular complexity index is 64.7. The zero-order valence-corrected chi connectivity index (χ0v) is 11.1. The topological polar surface area (TPSA) is 21.6 Å². The SMILES string of the molecule is C=CN=C.C=COC.CC.CC.CC. The standard InChI is InChI=1S/C3H5N.C3H6O.3C2H6/c2*1-3-4-2;3*1-2/h3H,1-2H2;3H,1H2,2H3;3*1-2H3. The smallest absolute Gasteiger partial charge is 0.0766 e. The Balaban J connectivity index is -0.0000000255. The van der Waals surface area contributed by atoms with E-state index in [9.17, 15) is 0 Å². The van der Waals surface area contributed by atoms with E-state index in [-0.39, 0.29) is 0 Å². The molecular formula is C12H29NO. The summed E-state index contributed by atoms with van der Waals surface area (Å²) >= 11 is 0. The van der Waals surface area contributed by atoms with Crippen LogP contribution in [0, 0.1) is 0 Å². The van der Waals surface area contributed by atoms with E-state index in [0.29, 0.717) is 0 Å². The molecule has 0 radical (unpaired) electrons. The van der Waals surface area contributed by atoms with Gasteiger partial charge in [-0.05, 0) is 6.72 Å². The second-order valence-electron chi connectivity index (χ2n) is 0.768. The summed E-state index contributed by atoms with van der Waals surface area (Å²) in [5.41, 5.74) is 0. The number of methoxy groups -OCH3 is 1. The summed E-state index contributed by atoms with van der Waals surface area (Å²) in [5, 5.41) is 0. The molecule has 0 N–H and O–H groups in total. The lowest BCUT2D eigenvalue weighted by molar-refractivity contribution is 0.339. The van der Waals surface area contributed by atoms with E-state index in [0.717, 1.165) is 0 Å². The minimum atomic E-state index is 1.38. The molecule has 0 spiro atoms. The number of nitrogens with zero attached hydrogens (tertiary/aromatic N) is 1. The van der Waals surface area contributed by atoms with Gasteiger partial charge in [-0.3, -0.25) is 4.99 Å². The third kappa shape index (κ3) is 1200. The fourth-order valence-corrected chi connectivity index (χ4v) is 0. The zero-order valence-electron chi connectivity index (χ0n) is 11.1. The molecule has 0 fully saturated rings. The van der Waals surface area contributed by atoms with Crippen molar-refractivity contribution < 1.29 is 4.74 Å². The molecule has 0 unspecified atom stereocenters. The molecule has 2 heteroatoms. The lowest BCUT2D eigenvalue weighted by Crippen LogP contribution is -1.54. The van der Waals surface area contributed by atoms with E-state index in [4.69, 9.17) is 0 Å². The normalized spacial score (nSPS) is 4.21. The molecule has 0 saturated heterocycles. The van der Waals surface area contributed by atoms with Crippen molar-refractivity contribution in [3.63, 3.8) is 0 Å². The molecule has 0 amide bonds. The predicted molar refractivity (Wildman–Crippen MR) is 71.0 cm³/mol. The van der Waals surface area contributed by atoms with Crippen LogP contribution in [0.4, 0.5) is 0 Å². The molecular weight excluding hydrogens is 174 g/mol. The van der Waals surface area contributed by atoms with Crippen LogP contribution >= 0.6 is 0 Å². The summed E-state index contributed by atoms with van der Waals surface area (Å²) in [6.07, 6.45) is 2.76. The largest absolute Gasteiger partial charge is 0.505 e. The van der Waals surface area contributed by atoms with Gasteiger partial charge >= 0.3 is 0 Å². The lowest BCUT2D eigenvalue weighted by Gasteiger charge is -1.73. The minimum absolute atomic E-state index is 1.38. The van der Waals surface area contributed by atoms with Gasteiger partial charge in [0, 0.05) is 6.20 Å². The van der Waals surface area contributed by atoms with E-state index in [1.165, 1.54) is 12.5 Å². The number of hydrogen-bond donors (Lipinski definition) is 0. The molecule has 0 aliphatic rings. The van der Waals surface area contributed by atoms with Crippen LogP contribution in [0.15, 0.2) is 30.6 Å². The van der Waals surface area contributed by atoms with Crippen molar-refractivity contribution in [2.45, 2.75) is 41.5 Å². The highest BCUT2D eigenvalue weighted by molar-refractivity contribution is 5.24. The van der Waals surface area contributed by atoms with E-state index in [1.807, 2.05) is 41.5 Å². The number of aliphatic imine (C=N–C) groups is 1. The Morgan fingerprint density at radius 3 is 1.07 bits per heavy atom. The van der Waals surface area contributed by atoms with Crippen LogP contribution in [-0.2, 0) is 4.74 Å². The molecule has 0 aromatic rings. The van der Waals surface area contributed by atoms with E-state index in [1.54, 1.807) is 7.11 Å². The third-order valence-corrected chi connectivity index (χ3v) is 0.296. The molecule has 88 valence electrons. The fourth-order valence-electron chi connectivity index (χ4n) is 0. The predicted octanol–water partition coefficient (Wildman–Crippen LogP) is 4.69. The highest BCUT2D eigenvalue weighted by Gasteiger charge is 1.36. The van der Waals surface area contributed by atoms with Gasteiger partial charge in [0.1, 0.15) is 0 Å². The molecule has 0 aromatic heterocycles. The maximum atomic E-state index is 4.31. The van der Waals surface area contributed by atoms with Gasteiger partial charge in [0.05, 0.1) is 13.4 Å². The van der Waals surface area contributed by atoms with Crippen molar-refractivity contribution in [2.75, 3.05) is 7.11 Å². The van der Waals surface area contributed by atoms with Gasteiger partial charge < -0.3 is 4.74 Å². The summed E-state index contributed by atoms with van der Waals surface area (Å²) in [6, 6.07) is 0. The number of ether oxygens (including phenoxy) is 1. The second-order valence-corrected chi connectivity index (χ2v) is 0.768. The fraction of sp³-hybridized carbons (Fsp3) is 0.583. The molecule has 14 heavy (non-hydrogen) atoms. The van der Waals surface area contributed by atoms with Gasteiger partial charge in [0.15, 0.2) is 0 Å². The van der Waals surface area contributed by atoms with Gasteiger partial charge in [-0.15, -0.1) is 0 Å². The maximum Gasteiger partial charge on any atom is 0.0766 e. The van der Waals surface area contributed by atoms with Crippen molar-refractivity contribution in [1.82, 2.24) is 0 Å². The highest BCUT2D eigenvalue weighted by atomic mass is 16.5. The first kappa shape index (κ1) is 29.3. The monoisotopic (exact) mass is 203 g/mol.